The standard InChI is InChI=1S/C16H25NS/c1-17-13-15(14-7-5-6-8-14)11-12-18-16-9-3-2-4-10-16/h2-4,9-10,14-15,17H,5-8,11-13H2,1H3. The molecule has 1 aromatic rings. The second-order valence-corrected chi connectivity index (χ2v) is 6.48. The van der Waals surface area contributed by atoms with E-state index >= 15 is 0 Å². The summed E-state index contributed by atoms with van der Waals surface area (Å²) in [7, 11) is 2.09. The fraction of sp³-hybridized carbons (Fsp3) is 0.625. The Morgan fingerprint density at radius 1 is 1.22 bits per heavy atom. The molecule has 1 saturated carbocycles. The van der Waals surface area contributed by atoms with Crippen molar-refractivity contribution in [1.29, 1.82) is 0 Å². The van der Waals surface area contributed by atoms with Crippen molar-refractivity contribution in [2.24, 2.45) is 11.8 Å². The monoisotopic (exact) mass is 263 g/mol. The lowest BCUT2D eigenvalue weighted by Gasteiger charge is -2.23. The minimum atomic E-state index is 0.883. The Morgan fingerprint density at radius 3 is 2.61 bits per heavy atom. The summed E-state index contributed by atoms with van der Waals surface area (Å²) in [6, 6.07) is 10.8. The number of thioether (sulfide) groups is 1. The van der Waals surface area contributed by atoms with Gasteiger partial charge in [0.1, 0.15) is 0 Å². The first-order valence-corrected chi connectivity index (χ1v) is 8.21. The third-order valence-corrected chi connectivity index (χ3v) is 5.08. The van der Waals surface area contributed by atoms with E-state index in [0.29, 0.717) is 0 Å². The zero-order valence-electron chi connectivity index (χ0n) is 11.4. The van der Waals surface area contributed by atoms with Gasteiger partial charge in [-0.3, -0.25) is 0 Å². The van der Waals surface area contributed by atoms with E-state index in [4.69, 9.17) is 0 Å². The number of benzene rings is 1. The van der Waals surface area contributed by atoms with E-state index < -0.39 is 0 Å². The fourth-order valence-electron chi connectivity index (χ4n) is 3.04. The zero-order valence-corrected chi connectivity index (χ0v) is 12.2. The summed E-state index contributed by atoms with van der Waals surface area (Å²) in [5.41, 5.74) is 0. The van der Waals surface area contributed by atoms with Gasteiger partial charge < -0.3 is 5.32 Å². The third-order valence-electron chi connectivity index (χ3n) is 4.03. The first-order valence-electron chi connectivity index (χ1n) is 7.22. The highest BCUT2D eigenvalue weighted by molar-refractivity contribution is 7.99. The van der Waals surface area contributed by atoms with Gasteiger partial charge in [0.25, 0.3) is 0 Å². The van der Waals surface area contributed by atoms with Crippen LogP contribution in [-0.2, 0) is 0 Å². The molecule has 0 aromatic heterocycles. The van der Waals surface area contributed by atoms with Gasteiger partial charge in [0.05, 0.1) is 0 Å². The molecule has 2 rings (SSSR count). The molecular formula is C16H25NS. The topological polar surface area (TPSA) is 12.0 Å². The summed E-state index contributed by atoms with van der Waals surface area (Å²) < 4.78 is 0. The van der Waals surface area contributed by atoms with Crippen LogP contribution >= 0.6 is 11.8 Å². The molecule has 18 heavy (non-hydrogen) atoms. The predicted octanol–water partition coefficient (Wildman–Crippen LogP) is 4.19. The van der Waals surface area contributed by atoms with E-state index in [1.54, 1.807) is 0 Å². The zero-order chi connectivity index (χ0) is 12.6. The van der Waals surface area contributed by atoms with Gasteiger partial charge >= 0.3 is 0 Å². The molecule has 0 heterocycles. The van der Waals surface area contributed by atoms with E-state index in [1.165, 1.54) is 49.3 Å². The normalized spacial score (nSPS) is 18.1. The highest BCUT2D eigenvalue weighted by atomic mass is 32.2. The van der Waals surface area contributed by atoms with Crippen LogP contribution in [0.2, 0.25) is 0 Å². The minimum Gasteiger partial charge on any atom is -0.319 e. The Labute approximate surface area is 116 Å². The molecule has 1 atom stereocenters. The van der Waals surface area contributed by atoms with Crippen molar-refractivity contribution >= 4 is 11.8 Å². The number of hydrogen-bond acceptors (Lipinski definition) is 2. The maximum atomic E-state index is 3.38. The largest absolute Gasteiger partial charge is 0.319 e. The molecule has 1 aliphatic rings. The first-order chi connectivity index (χ1) is 8.90. The van der Waals surface area contributed by atoms with Crippen LogP contribution in [0.25, 0.3) is 0 Å². The van der Waals surface area contributed by atoms with E-state index in [2.05, 4.69) is 42.7 Å². The molecule has 0 aliphatic heterocycles. The van der Waals surface area contributed by atoms with Crippen molar-refractivity contribution in [3.05, 3.63) is 30.3 Å². The fourth-order valence-corrected chi connectivity index (χ4v) is 4.05. The lowest BCUT2D eigenvalue weighted by molar-refractivity contribution is 0.323. The molecular weight excluding hydrogens is 238 g/mol. The second-order valence-electron chi connectivity index (χ2n) is 5.31. The van der Waals surface area contributed by atoms with Crippen LogP contribution in [0.5, 0.6) is 0 Å². The van der Waals surface area contributed by atoms with E-state index in [0.717, 1.165) is 11.8 Å². The van der Waals surface area contributed by atoms with E-state index in [1.807, 2.05) is 11.8 Å². The van der Waals surface area contributed by atoms with Gasteiger partial charge in [-0.25, -0.2) is 0 Å². The molecule has 0 amide bonds. The average molecular weight is 263 g/mol. The Balaban J connectivity index is 1.75. The molecule has 0 radical (unpaired) electrons. The lowest BCUT2D eigenvalue weighted by Crippen LogP contribution is -2.25. The van der Waals surface area contributed by atoms with Crippen LogP contribution in [0, 0.1) is 11.8 Å². The molecule has 1 unspecified atom stereocenters. The first kappa shape index (κ1) is 14.0. The van der Waals surface area contributed by atoms with Crippen LogP contribution in [0.3, 0.4) is 0 Å². The van der Waals surface area contributed by atoms with Crippen molar-refractivity contribution in [3.63, 3.8) is 0 Å². The van der Waals surface area contributed by atoms with Crippen molar-refractivity contribution in [3.8, 4) is 0 Å². The van der Waals surface area contributed by atoms with Crippen LogP contribution in [0.4, 0.5) is 0 Å². The van der Waals surface area contributed by atoms with Crippen LogP contribution < -0.4 is 5.32 Å². The smallest absolute Gasteiger partial charge is 0.00719 e. The molecule has 1 fully saturated rings. The summed E-state index contributed by atoms with van der Waals surface area (Å²) in [5.74, 6) is 3.12. The summed E-state index contributed by atoms with van der Waals surface area (Å²) >= 11 is 2.01. The highest BCUT2D eigenvalue weighted by Gasteiger charge is 2.23. The Morgan fingerprint density at radius 2 is 1.94 bits per heavy atom. The van der Waals surface area contributed by atoms with Crippen molar-refractivity contribution in [2.45, 2.75) is 37.0 Å². The molecule has 0 spiro atoms. The van der Waals surface area contributed by atoms with Crippen LogP contribution in [0.15, 0.2) is 35.2 Å². The molecule has 1 aliphatic carbocycles. The van der Waals surface area contributed by atoms with Gasteiger partial charge in [-0.15, -0.1) is 11.8 Å². The Hall–Kier alpha value is -0.470. The van der Waals surface area contributed by atoms with Gasteiger partial charge in [-0.2, -0.15) is 0 Å². The van der Waals surface area contributed by atoms with Gasteiger partial charge in [0.2, 0.25) is 0 Å². The molecule has 0 saturated heterocycles. The summed E-state index contributed by atoms with van der Waals surface area (Å²) in [6.45, 7) is 1.19. The molecule has 2 heteroatoms. The third kappa shape index (κ3) is 4.33. The summed E-state index contributed by atoms with van der Waals surface area (Å²) in [4.78, 5) is 1.41. The van der Waals surface area contributed by atoms with Crippen LogP contribution in [0.1, 0.15) is 32.1 Å². The van der Waals surface area contributed by atoms with Gasteiger partial charge in [0, 0.05) is 4.90 Å². The quantitative estimate of drug-likeness (QED) is 0.740. The minimum absolute atomic E-state index is 0.883. The highest BCUT2D eigenvalue weighted by Crippen LogP contribution is 2.34. The van der Waals surface area contributed by atoms with Gasteiger partial charge in [0.15, 0.2) is 0 Å². The maximum absolute atomic E-state index is 3.38. The lowest BCUT2D eigenvalue weighted by atomic mass is 9.89. The number of rotatable bonds is 7. The molecule has 100 valence electrons. The Kier molecular flexibility index (Phi) is 6.09. The van der Waals surface area contributed by atoms with Crippen LogP contribution in [-0.4, -0.2) is 19.3 Å². The molecule has 1 N–H and O–H groups in total. The second kappa shape index (κ2) is 7.85. The van der Waals surface area contributed by atoms with Gasteiger partial charge in [-0.1, -0.05) is 43.9 Å². The molecule has 0 bridgehead atoms. The summed E-state index contributed by atoms with van der Waals surface area (Å²) in [5, 5.41) is 3.38. The van der Waals surface area contributed by atoms with Crippen molar-refractivity contribution < 1.29 is 0 Å². The van der Waals surface area contributed by atoms with Crippen molar-refractivity contribution in [2.75, 3.05) is 19.3 Å². The van der Waals surface area contributed by atoms with E-state index in [-0.39, 0.29) is 0 Å². The average Bonchev–Trinajstić information content (AvgIpc) is 2.93. The number of nitrogens with one attached hydrogen (secondary N) is 1. The maximum Gasteiger partial charge on any atom is 0.00719 e. The van der Waals surface area contributed by atoms with Gasteiger partial charge in [-0.05, 0) is 49.7 Å². The molecule has 1 nitrogen and oxygen atoms in total. The van der Waals surface area contributed by atoms with E-state index in [9.17, 15) is 0 Å². The summed E-state index contributed by atoms with van der Waals surface area (Å²) in [6.07, 6.45) is 7.18. The predicted molar refractivity (Wildman–Crippen MR) is 81.2 cm³/mol. The van der Waals surface area contributed by atoms with Crippen molar-refractivity contribution in [1.82, 2.24) is 5.32 Å². The molecule has 1 aromatic carbocycles. The Bertz CT molecular complexity index is 319. The number of hydrogen-bond donors (Lipinski definition) is 1. The SMILES string of the molecule is CNCC(CCSc1ccccc1)C1CCCC1.